The lowest BCUT2D eigenvalue weighted by molar-refractivity contribution is 0.0921. The molecule has 0 radical (unpaired) electrons. The summed E-state index contributed by atoms with van der Waals surface area (Å²) in [6, 6.07) is 8.94. The molecule has 1 aromatic heterocycles. The van der Waals surface area contributed by atoms with E-state index in [0.717, 1.165) is 0 Å². The van der Waals surface area contributed by atoms with Gasteiger partial charge < -0.3 is 10.1 Å². The van der Waals surface area contributed by atoms with E-state index in [1.54, 1.807) is 31.3 Å². The van der Waals surface area contributed by atoms with Gasteiger partial charge in [0.1, 0.15) is 0 Å². The molecule has 0 aliphatic rings. The Kier molecular flexibility index (Phi) is 4.30. The minimum atomic E-state index is -0.113. The Balaban J connectivity index is 2.05. The van der Waals surface area contributed by atoms with Gasteiger partial charge in [0.05, 0.1) is 6.20 Å². The van der Waals surface area contributed by atoms with Crippen LogP contribution in [-0.2, 0) is 0 Å². The van der Waals surface area contributed by atoms with Crippen LogP contribution in [0.2, 0.25) is 5.28 Å². The Morgan fingerprint density at radius 3 is 2.79 bits per heavy atom. The lowest BCUT2D eigenvalue weighted by Gasteiger charge is -2.09. The highest BCUT2D eigenvalue weighted by Gasteiger charge is 2.10. The van der Waals surface area contributed by atoms with E-state index in [9.17, 15) is 4.79 Å². The van der Waals surface area contributed by atoms with E-state index in [1.807, 2.05) is 6.07 Å². The average molecular weight is 278 g/mol. The largest absolute Gasteiger partial charge is 0.480 e. The van der Waals surface area contributed by atoms with Crippen LogP contribution in [0.4, 0.5) is 5.82 Å². The molecule has 1 N–H and O–H groups in total. The number of Topliss-reactive ketones (excluding diaryl/α,β-unsaturated/α-hetero) is 1. The van der Waals surface area contributed by atoms with Gasteiger partial charge in [0.25, 0.3) is 0 Å². The normalized spacial score (nSPS) is 10.0. The summed E-state index contributed by atoms with van der Waals surface area (Å²) >= 11 is 5.67. The molecule has 0 aliphatic carbocycles. The van der Waals surface area contributed by atoms with Crippen molar-refractivity contribution in [2.75, 3.05) is 19.0 Å². The molecule has 0 amide bonds. The van der Waals surface area contributed by atoms with Gasteiger partial charge in [0, 0.05) is 12.6 Å². The average Bonchev–Trinajstić information content (AvgIpc) is 2.46. The molecule has 0 spiro atoms. The third-order valence-electron chi connectivity index (χ3n) is 2.42. The fraction of sp³-hybridized carbons (Fsp3) is 0.154. The second-order valence-corrected chi connectivity index (χ2v) is 4.02. The number of aromatic nitrogens is 2. The topological polar surface area (TPSA) is 64.1 Å². The number of hydrogen-bond acceptors (Lipinski definition) is 5. The maximum atomic E-state index is 11.9. The molecule has 1 aromatic carbocycles. The quantitative estimate of drug-likeness (QED) is 0.672. The highest BCUT2D eigenvalue weighted by atomic mass is 35.5. The minimum Gasteiger partial charge on any atom is -0.480 e. The molecule has 1 heterocycles. The number of anilines is 1. The standard InChI is InChI=1S/C13H12ClN3O2/c1-15-12-11(7-16-13(14)17-12)19-8-10(18)9-5-3-2-4-6-9/h2-7H,8H2,1H3,(H,15,16,17). The zero-order valence-electron chi connectivity index (χ0n) is 10.3. The number of carbonyl (C=O) groups is 1. The van der Waals surface area contributed by atoms with E-state index in [2.05, 4.69) is 15.3 Å². The number of hydrogen-bond donors (Lipinski definition) is 1. The van der Waals surface area contributed by atoms with Crippen LogP contribution >= 0.6 is 11.6 Å². The molecule has 0 aliphatic heterocycles. The number of nitrogens with zero attached hydrogens (tertiary/aromatic N) is 2. The Labute approximate surface area is 115 Å². The van der Waals surface area contributed by atoms with E-state index < -0.39 is 0 Å². The van der Waals surface area contributed by atoms with Gasteiger partial charge in [-0.05, 0) is 11.6 Å². The predicted octanol–water partition coefficient (Wildman–Crippen LogP) is 2.43. The number of ketones is 1. The Morgan fingerprint density at radius 1 is 1.37 bits per heavy atom. The van der Waals surface area contributed by atoms with Crippen LogP contribution in [0, 0.1) is 0 Å². The van der Waals surface area contributed by atoms with Gasteiger partial charge in [0.15, 0.2) is 24.0 Å². The highest BCUT2D eigenvalue weighted by Crippen LogP contribution is 2.21. The van der Waals surface area contributed by atoms with Gasteiger partial charge in [-0.1, -0.05) is 30.3 Å². The lowest BCUT2D eigenvalue weighted by atomic mass is 10.1. The van der Waals surface area contributed by atoms with Crippen molar-refractivity contribution in [3.8, 4) is 5.75 Å². The van der Waals surface area contributed by atoms with Crippen molar-refractivity contribution in [3.63, 3.8) is 0 Å². The zero-order valence-corrected chi connectivity index (χ0v) is 11.0. The van der Waals surface area contributed by atoms with Crippen LogP contribution in [-0.4, -0.2) is 29.4 Å². The molecule has 0 saturated carbocycles. The number of benzene rings is 1. The van der Waals surface area contributed by atoms with Crippen molar-refractivity contribution < 1.29 is 9.53 Å². The van der Waals surface area contributed by atoms with E-state index in [0.29, 0.717) is 17.1 Å². The molecule has 19 heavy (non-hydrogen) atoms. The van der Waals surface area contributed by atoms with E-state index in [1.165, 1.54) is 6.20 Å². The molecular formula is C13H12ClN3O2. The molecule has 0 bridgehead atoms. The Morgan fingerprint density at radius 2 is 2.11 bits per heavy atom. The summed E-state index contributed by atoms with van der Waals surface area (Å²) in [4.78, 5) is 19.6. The van der Waals surface area contributed by atoms with Crippen molar-refractivity contribution in [1.82, 2.24) is 9.97 Å². The smallest absolute Gasteiger partial charge is 0.224 e. The molecule has 0 saturated heterocycles. The first-order valence-corrected chi connectivity index (χ1v) is 6.00. The SMILES string of the molecule is CNc1nc(Cl)ncc1OCC(=O)c1ccccc1. The summed E-state index contributed by atoms with van der Waals surface area (Å²) in [6.07, 6.45) is 1.43. The number of halogens is 1. The fourth-order valence-corrected chi connectivity index (χ4v) is 1.62. The lowest BCUT2D eigenvalue weighted by Crippen LogP contribution is -2.12. The van der Waals surface area contributed by atoms with Gasteiger partial charge in [-0.2, -0.15) is 4.98 Å². The van der Waals surface area contributed by atoms with Crippen LogP contribution in [0.15, 0.2) is 36.5 Å². The third-order valence-corrected chi connectivity index (χ3v) is 2.60. The first-order valence-electron chi connectivity index (χ1n) is 5.62. The highest BCUT2D eigenvalue weighted by molar-refractivity contribution is 6.28. The number of rotatable bonds is 5. The van der Waals surface area contributed by atoms with Gasteiger partial charge >= 0.3 is 0 Å². The molecule has 6 heteroatoms. The minimum absolute atomic E-state index is 0.0797. The van der Waals surface area contributed by atoms with Crippen molar-refractivity contribution in [3.05, 3.63) is 47.4 Å². The first kappa shape index (κ1) is 13.3. The molecule has 2 rings (SSSR count). The number of carbonyl (C=O) groups excluding carboxylic acids is 1. The summed E-state index contributed by atoms with van der Waals surface area (Å²) in [5.41, 5.74) is 0.600. The number of nitrogens with one attached hydrogen (secondary N) is 1. The van der Waals surface area contributed by atoms with Crippen molar-refractivity contribution in [2.45, 2.75) is 0 Å². The van der Waals surface area contributed by atoms with Gasteiger partial charge in [0.2, 0.25) is 5.28 Å². The van der Waals surface area contributed by atoms with Crippen LogP contribution < -0.4 is 10.1 Å². The van der Waals surface area contributed by atoms with Crippen LogP contribution in [0.5, 0.6) is 5.75 Å². The van der Waals surface area contributed by atoms with Crippen LogP contribution in [0.25, 0.3) is 0 Å². The Bertz CT molecular complexity index is 575. The maximum absolute atomic E-state index is 11.9. The summed E-state index contributed by atoms with van der Waals surface area (Å²) < 4.78 is 5.40. The van der Waals surface area contributed by atoms with Gasteiger partial charge in [-0.15, -0.1) is 0 Å². The molecule has 5 nitrogen and oxygen atoms in total. The zero-order chi connectivity index (χ0) is 13.7. The second-order valence-electron chi connectivity index (χ2n) is 3.68. The molecule has 98 valence electrons. The summed E-state index contributed by atoms with van der Waals surface area (Å²) in [6.45, 7) is -0.0797. The summed E-state index contributed by atoms with van der Waals surface area (Å²) in [7, 11) is 1.69. The summed E-state index contributed by atoms with van der Waals surface area (Å²) in [5.74, 6) is 0.717. The van der Waals surface area contributed by atoms with Crippen molar-refractivity contribution in [2.24, 2.45) is 0 Å². The van der Waals surface area contributed by atoms with E-state index in [4.69, 9.17) is 16.3 Å². The Hall–Kier alpha value is -2.14. The second kappa shape index (κ2) is 6.15. The number of ether oxygens (including phenoxy) is 1. The van der Waals surface area contributed by atoms with E-state index >= 15 is 0 Å². The molecule has 2 aromatic rings. The maximum Gasteiger partial charge on any atom is 0.224 e. The molecule has 0 atom stereocenters. The predicted molar refractivity (Wildman–Crippen MR) is 72.9 cm³/mol. The third kappa shape index (κ3) is 3.42. The first-order chi connectivity index (χ1) is 9.20. The van der Waals surface area contributed by atoms with Crippen molar-refractivity contribution >= 4 is 23.2 Å². The monoisotopic (exact) mass is 277 g/mol. The van der Waals surface area contributed by atoms with Gasteiger partial charge in [-0.25, -0.2) is 4.98 Å². The van der Waals surface area contributed by atoms with Crippen molar-refractivity contribution in [1.29, 1.82) is 0 Å². The van der Waals surface area contributed by atoms with Crippen LogP contribution in [0.1, 0.15) is 10.4 Å². The molecular weight excluding hydrogens is 266 g/mol. The van der Waals surface area contributed by atoms with E-state index in [-0.39, 0.29) is 17.7 Å². The summed E-state index contributed by atoms with van der Waals surface area (Å²) in [5, 5.41) is 2.94. The van der Waals surface area contributed by atoms with Crippen LogP contribution in [0.3, 0.4) is 0 Å². The van der Waals surface area contributed by atoms with Gasteiger partial charge in [-0.3, -0.25) is 4.79 Å². The molecule has 0 fully saturated rings. The fourth-order valence-electron chi connectivity index (χ4n) is 1.48. The molecule has 0 unspecified atom stereocenters.